The van der Waals surface area contributed by atoms with Gasteiger partial charge < -0.3 is 24.3 Å². The van der Waals surface area contributed by atoms with E-state index in [-0.39, 0.29) is 11.5 Å². The molecule has 1 fully saturated rings. The van der Waals surface area contributed by atoms with E-state index in [1.807, 2.05) is 39.8 Å². The molecular weight excluding hydrogens is 442 g/mol. The Kier molecular flexibility index (Phi) is 5.94. The smallest absolute Gasteiger partial charge is 0.254 e. The molecule has 1 saturated carbocycles. The van der Waals surface area contributed by atoms with Gasteiger partial charge in [0.25, 0.3) is 17.3 Å². The highest BCUT2D eigenvalue weighted by molar-refractivity contribution is 5.98. The lowest BCUT2D eigenvalue weighted by Crippen LogP contribution is -2.46. The summed E-state index contributed by atoms with van der Waals surface area (Å²) in [7, 11) is 4.30. The number of rotatable bonds is 4. The van der Waals surface area contributed by atoms with Crippen molar-refractivity contribution >= 4 is 5.91 Å². The molecule has 5 rings (SSSR count). The molecule has 1 aromatic heterocycles. The second kappa shape index (κ2) is 8.70. The fraction of sp³-hybridized carbons (Fsp3) is 0.571. The average molecular weight is 480 g/mol. The van der Waals surface area contributed by atoms with Crippen molar-refractivity contribution in [3.8, 4) is 11.5 Å². The molecule has 35 heavy (non-hydrogen) atoms. The molecule has 0 bridgehead atoms. The molecule has 3 heterocycles. The van der Waals surface area contributed by atoms with Gasteiger partial charge >= 0.3 is 0 Å². The van der Waals surface area contributed by atoms with Crippen molar-refractivity contribution in [2.75, 3.05) is 20.6 Å². The Morgan fingerprint density at radius 1 is 1.09 bits per heavy atom. The molecule has 0 radical (unpaired) electrons. The number of fused-ring (bicyclic) bond motifs is 2. The summed E-state index contributed by atoms with van der Waals surface area (Å²) in [5.74, 6) is 1.00. The van der Waals surface area contributed by atoms with Gasteiger partial charge in [0.05, 0.1) is 6.54 Å². The first-order valence-corrected chi connectivity index (χ1v) is 12.8. The topological polar surface area (TPSA) is 74.9 Å². The van der Waals surface area contributed by atoms with E-state index in [2.05, 4.69) is 24.0 Å². The van der Waals surface area contributed by atoms with Gasteiger partial charge in [0, 0.05) is 42.2 Å². The quantitative estimate of drug-likeness (QED) is 0.715. The molecule has 2 aromatic rings. The Balaban J connectivity index is 1.38. The second-order valence-corrected chi connectivity index (χ2v) is 11.0. The molecule has 7 nitrogen and oxygen atoms in total. The first-order valence-electron chi connectivity index (χ1n) is 12.8. The molecule has 2 aliphatic heterocycles. The lowest BCUT2D eigenvalue weighted by Gasteiger charge is -2.39. The van der Waals surface area contributed by atoms with Gasteiger partial charge in [-0.2, -0.15) is 0 Å². The molecule has 1 amide bonds. The van der Waals surface area contributed by atoms with E-state index < -0.39 is 5.79 Å². The van der Waals surface area contributed by atoms with Gasteiger partial charge in [-0.1, -0.05) is 0 Å². The minimum atomic E-state index is -0.705. The van der Waals surface area contributed by atoms with E-state index in [1.54, 1.807) is 4.90 Å². The van der Waals surface area contributed by atoms with Crippen molar-refractivity contribution in [1.82, 2.24) is 14.8 Å². The first kappa shape index (κ1) is 23.9. The Morgan fingerprint density at radius 2 is 1.80 bits per heavy atom. The van der Waals surface area contributed by atoms with E-state index >= 15 is 0 Å². The zero-order valence-corrected chi connectivity index (χ0v) is 21.8. The van der Waals surface area contributed by atoms with Crippen LogP contribution in [-0.4, -0.2) is 53.2 Å². The third-order valence-corrected chi connectivity index (χ3v) is 8.40. The summed E-state index contributed by atoms with van der Waals surface area (Å²) in [6, 6.07) is 4.43. The van der Waals surface area contributed by atoms with E-state index in [0.717, 1.165) is 60.2 Å². The zero-order chi connectivity index (χ0) is 25.1. The predicted molar refractivity (Wildman–Crippen MR) is 135 cm³/mol. The number of aromatic amines is 1. The number of hydrogen-bond acceptors (Lipinski definition) is 5. The zero-order valence-electron chi connectivity index (χ0n) is 21.8. The monoisotopic (exact) mass is 479 g/mol. The third kappa shape index (κ3) is 4.14. The number of ether oxygens (including phenoxy) is 2. The Bertz CT molecular complexity index is 1230. The number of carbonyl (C=O) groups excluding carboxylic acids is 1. The maximum Gasteiger partial charge on any atom is 0.254 e. The summed E-state index contributed by atoms with van der Waals surface area (Å²) >= 11 is 0. The summed E-state index contributed by atoms with van der Waals surface area (Å²) in [6.45, 7) is 8.76. The van der Waals surface area contributed by atoms with Gasteiger partial charge in [0.2, 0.25) is 0 Å². The minimum Gasteiger partial charge on any atom is -0.448 e. The van der Waals surface area contributed by atoms with Crippen LogP contribution in [0.3, 0.4) is 0 Å². The van der Waals surface area contributed by atoms with Crippen molar-refractivity contribution in [3.05, 3.63) is 56.0 Å². The summed E-state index contributed by atoms with van der Waals surface area (Å²) in [6.07, 6.45) is 5.12. The van der Waals surface area contributed by atoms with Crippen LogP contribution in [0.1, 0.15) is 70.9 Å². The molecule has 0 saturated heterocycles. The van der Waals surface area contributed by atoms with Crippen LogP contribution in [0.2, 0.25) is 0 Å². The van der Waals surface area contributed by atoms with Gasteiger partial charge in [-0.3, -0.25) is 9.59 Å². The molecule has 188 valence electrons. The first-order chi connectivity index (χ1) is 16.6. The Hall–Kier alpha value is -2.80. The van der Waals surface area contributed by atoms with Crippen molar-refractivity contribution in [2.45, 2.75) is 78.2 Å². The number of carbonyl (C=O) groups is 1. The van der Waals surface area contributed by atoms with E-state index in [0.29, 0.717) is 41.9 Å². The number of hydrogen-bond donors (Lipinski definition) is 1. The molecule has 1 N–H and O–H groups in total. The minimum absolute atomic E-state index is 0.0554. The van der Waals surface area contributed by atoms with Gasteiger partial charge in [0.1, 0.15) is 0 Å². The maximum atomic E-state index is 13.5. The van der Waals surface area contributed by atoms with E-state index in [4.69, 9.17) is 9.47 Å². The fourth-order valence-corrected chi connectivity index (χ4v) is 6.19. The molecule has 0 spiro atoms. The lowest BCUT2D eigenvalue weighted by molar-refractivity contribution is -0.123. The SMILES string of the molecule is Cc1cc(C)c(CN2CCc3c(cc4c(c3C)OC(C)([C@H]3CC[C@H](N(C)C)CC3)O4)C2=O)c(=O)[nH]1. The third-order valence-electron chi connectivity index (χ3n) is 8.40. The largest absolute Gasteiger partial charge is 0.448 e. The standard InChI is InChI=1S/C28H37N3O4/c1-16-13-17(2)29-26(32)23(16)15-31-12-11-21-18(3)25-24(14-22(21)27(31)33)34-28(4,35-25)19-7-9-20(10-8-19)30(5)6/h13-14,19-20H,7-12,15H2,1-6H3,(H,29,32)/t19-,20-,28?. The highest BCUT2D eigenvalue weighted by Crippen LogP contribution is 2.50. The number of aromatic nitrogens is 1. The fourth-order valence-electron chi connectivity index (χ4n) is 6.19. The van der Waals surface area contributed by atoms with Crippen LogP contribution < -0.4 is 15.0 Å². The molecule has 3 aliphatic rings. The van der Waals surface area contributed by atoms with Crippen LogP contribution in [0.25, 0.3) is 0 Å². The summed E-state index contributed by atoms with van der Waals surface area (Å²) in [5.41, 5.74) is 4.95. The molecule has 1 aromatic carbocycles. The van der Waals surface area contributed by atoms with Crippen LogP contribution >= 0.6 is 0 Å². The highest BCUT2D eigenvalue weighted by Gasteiger charge is 2.47. The van der Waals surface area contributed by atoms with Crippen LogP contribution in [0.4, 0.5) is 0 Å². The lowest BCUT2D eigenvalue weighted by atomic mass is 9.81. The number of pyridine rings is 1. The molecule has 1 atom stereocenters. The predicted octanol–water partition coefficient (Wildman–Crippen LogP) is 4.11. The normalized spacial score (nSPS) is 25.8. The van der Waals surface area contributed by atoms with E-state index in [1.165, 1.54) is 0 Å². The summed E-state index contributed by atoms with van der Waals surface area (Å²) in [4.78, 5) is 33.0. The van der Waals surface area contributed by atoms with Gasteiger partial charge in [-0.25, -0.2) is 0 Å². The Labute approximate surface area is 207 Å². The number of H-pyrrole nitrogens is 1. The van der Waals surface area contributed by atoms with Crippen LogP contribution in [0.5, 0.6) is 11.5 Å². The van der Waals surface area contributed by atoms with Gasteiger partial charge in [0.15, 0.2) is 11.5 Å². The van der Waals surface area contributed by atoms with Crippen LogP contribution in [0.15, 0.2) is 16.9 Å². The van der Waals surface area contributed by atoms with Gasteiger partial charge in [-0.05, 0) is 95.8 Å². The number of aryl methyl sites for hydroxylation is 2. The molecule has 1 aliphatic carbocycles. The summed E-state index contributed by atoms with van der Waals surface area (Å²) in [5, 5.41) is 0. The maximum absolute atomic E-state index is 13.5. The van der Waals surface area contributed by atoms with E-state index in [9.17, 15) is 9.59 Å². The number of nitrogens with one attached hydrogen (secondary N) is 1. The molecule has 7 heteroatoms. The highest BCUT2D eigenvalue weighted by atomic mass is 16.7. The van der Waals surface area contributed by atoms with Crippen molar-refractivity contribution in [1.29, 1.82) is 0 Å². The van der Waals surface area contributed by atoms with Crippen molar-refractivity contribution in [3.63, 3.8) is 0 Å². The van der Waals surface area contributed by atoms with Crippen LogP contribution in [-0.2, 0) is 13.0 Å². The van der Waals surface area contributed by atoms with Crippen molar-refractivity contribution in [2.24, 2.45) is 5.92 Å². The van der Waals surface area contributed by atoms with Crippen molar-refractivity contribution < 1.29 is 14.3 Å². The molecular formula is C28H37N3O4. The molecule has 1 unspecified atom stereocenters. The number of benzene rings is 1. The van der Waals surface area contributed by atoms with Gasteiger partial charge in [-0.15, -0.1) is 0 Å². The number of amides is 1. The Morgan fingerprint density at radius 3 is 2.46 bits per heavy atom. The van der Waals surface area contributed by atoms with Crippen LogP contribution in [0, 0.1) is 26.7 Å². The summed E-state index contributed by atoms with van der Waals surface area (Å²) < 4.78 is 13.0. The number of nitrogens with zero attached hydrogens (tertiary/aromatic N) is 2. The second-order valence-electron chi connectivity index (χ2n) is 11.0. The average Bonchev–Trinajstić information content (AvgIpc) is 3.16.